The van der Waals surface area contributed by atoms with Crippen LogP contribution in [0.5, 0.6) is 0 Å². The van der Waals surface area contributed by atoms with Gasteiger partial charge in [-0.1, -0.05) is 24.3 Å². The first-order valence-electron chi connectivity index (χ1n) is 7.31. The maximum Gasteiger partial charge on any atom is 0.0236 e. The fourth-order valence-electron chi connectivity index (χ4n) is 3.35. The molecule has 0 bridgehead atoms. The van der Waals surface area contributed by atoms with Crippen LogP contribution in [-0.4, -0.2) is 24.5 Å². The van der Waals surface area contributed by atoms with E-state index in [0.29, 0.717) is 5.41 Å². The number of aryl methyl sites for hydroxylation is 1. The fraction of sp³-hybridized carbons (Fsp3) is 0.625. The number of rotatable bonds is 4. The Hall–Kier alpha value is -0.860. The first-order chi connectivity index (χ1) is 8.81. The van der Waals surface area contributed by atoms with Gasteiger partial charge in [0, 0.05) is 13.1 Å². The van der Waals surface area contributed by atoms with Crippen LogP contribution >= 0.6 is 0 Å². The van der Waals surface area contributed by atoms with Crippen molar-refractivity contribution in [2.45, 2.75) is 38.6 Å². The van der Waals surface area contributed by atoms with Crippen molar-refractivity contribution in [3.05, 3.63) is 35.4 Å². The van der Waals surface area contributed by atoms with E-state index in [1.807, 2.05) is 0 Å². The SMILES string of the molecule is NCCC1(CN2CCCc3ccccc3C2)CC1. The summed E-state index contributed by atoms with van der Waals surface area (Å²) in [5.74, 6) is 0. The number of fused-ring (bicyclic) bond motifs is 1. The van der Waals surface area contributed by atoms with E-state index in [4.69, 9.17) is 5.73 Å². The first-order valence-corrected chi connectivity index (χ1v) is 7.31. The average Bonchev–Trinajstić information content (AvgIpc) is 3.13. The lowest BCUT2D eigenvalue weighted by Gasteiger charge is -2.26. The minimum atomic E-state index is 0.577. The van der Waals surface area contributed by atoms with Crippen molar-refractivity contribution in [1.29, 1.82) is 0 Å². The summed E-state index contributed by atoms with van der Waals surface area (Å²) in [5.41, 5.74) is 9.43. The Balaban J connectivity index is 1.68. The van der Waals surface area contributed by atoms with E-state index >= 15 is 0 Å². The Labute approximate surface area is 110 Å². The topological polar surface area (TPSA) is 29.3 Å². The molecule has 1 aromatic rings. The predicted molar refractivity (Wildman–Crippen MR) is 75.4 cm³/mol. The molecule has 1 fully saturated rings. The lowest BCUT2D eigenvalue weighted by atomic mass is 10.0. The average molecular weight is 244 g/mol. The van der Waals surface area contributed by atoms with Gasteiger partial charge in [-0.25, -0.2) is 0 Å². The highest BCUT2D eigenvalue weighted by Crippen LogP contribution is 2.49. The molecule has 3 rings (SSSR count). The second kappa shape index (κ2) is 5.02. The Morgan fingerprint density at radius 2 is 1.94 bits per heavy atom. The van der Waals surface area contributed by atoms with Gasteiger partial charge in [-0.2, -0.15) is 0 Å². The van der Waals surface area contributed by atoms with Crippen LogP contribution in [0.2, 0.25) is 0 Å². The molecular weight excluding hydrogens is 220 g/mol. The van der Waals surface area contributed by atoms with Crippen molar-refractivity contribution in [2.24, 2.45) is 11.1 Å². The van der Waals surface area contributed by atoms with Crippen molar-refractivity contribution in [3.63, 3.8) is 0 Å². The third-order valence-electron chi connectivity index (χ3n) is 4.62. The zero-order chi connectivity index (χ0) is 12.4. The maximum absolute atomic E-state index is 5.75. The molecule has 2 N–H and O–H groups in total. The van der Waals surface area contributed by atoms with Crippen molar-refractivity contribution < 1.29 is 0 Å². The number of benzene rings is 1. The molecule has 1 heterocycles. The molecule has 0 unspecified atom stereocenters. The summed E-state index contributed by atoms with van der Waals surface area (Å²) in [6.45, 7) is 4.51. The van der Waals surface area contributed by atoms with Crippen molar-refractivity contribution in [2.75, 3.05) is 19.6 Å². The number of nitrogens with zero attached hydrogens (tertiary/aromatic N) is 1. The molecule has 0 radical (unpaired) electrons. The summed E-state index contributed by atoms with van der Waals surface area (Å²) >= 11 is 0. The van der Waals surface area contributed by atoms with Gasteiger partial charge in [-0.05, 0) is 61.7 Å². The quantitative estimate of drug-likeness (QED) is 0.882. The normalized spacial score (nSPS) is 22.3. The van der Waals surface area contributed by atoms with Crippen molar-refractivity contribution >= 4 is 0 Å². The van der Waals surface area contributed by atoms with E-state index in [9.17, 15) is 0 Å². The van der Waals surface area contributed by atoms with E-state index in [1.165, 1.54) is 45.2 Å². The highest BCUT2D eigenvalue weighted by molar-refractivity contribution is 5.28. The number of hydrogen-bond donors (Lipinski definition) is 1. The van der Waals surface area contributed by atoms with Crippen LogP contribution < -0.4 is 5.73 Å². The molecule has 0 saturated heterocycles. The van der Waals surface area contributed by atoms with Crippen molar-refractivity contribution in [3.8, 4) is 0 Å². The van der Waals surface area contributed by atoms with Gasteiger partial charge in [-0.15, -0.1) is 0 Å². The molecule has 2 aliphatic rings. The van der Waals surface area contributed by atoms with E-state index in [1.54, 1.807) is 11.1 Å². The molecule has 0 atom stereocenters. The van der Waals surface area contributed by atoms with Crippen LogP contribution in [0.25, 0.3) is 0 Å². The molecule has 0 spiro atoms. The Kier molecular flexibility index (Phi) is 3.40. The Morgan fingerprint density at radius 1 is 1.17 bits per heavy atom. The molecule has 1 saturated carbocycles. The molecular formula is C16H24N2. The Bertz CT molecular complexity index is 409. The van der Waals surface area contributed by atoms with Gasteiger partial charge >= 0.3 is 0 Å². The summed E-state index contributed by atoms with van der Waals surface area (Å²) < 4.78 is 0. The fourth-order valence-corrected chi connectivity index (χ4v) is 3.35. The van der Waals surface area contributed by atoms with E-state index in [-0.39, 0.29) is 0 Å². The third-order valence-corrected chi connectivity index (χ3v) is 4.62. The highest BCUT2D eigenvalue weighted by atomic mass is 15.1. The van der Waals surface area contributed by atoms with E-state index in [2.05, 4.69) is 29.2 Å². The minimum Gasteiger partial charge on any atom is -0.330 e. The van der Waals surface area contributed by atoms with E-state index < -0.39 is 0 Å². The van der Waals surface area contributed by atoms with Crippen LogP contribution in [0.3, 0.4) is 0 Å². The molecule has 2 heteroatoms. The summed E-state index contributed by atoms with van der Waals surface area (Å²) in [6, 6.07) is 8.95. The standard InChI is InChI=1S/C16H24N2/c17-10-9-16(7-8-16)13-18-11-3-6-14-4-1-2-5-15(14)12-18/h1-2,4-5H,3,6-13,17H2. The lowest BCUT2D eigenvalue weighted by molar-refractivity contribution is 0.208. The lowest BCUT2D eigenvalue weighted by Crippen LogP contribution is -2.31. The van der Waals surface area contributed by atoms with Gasteiger partial charge in [0.25, 0.3) is 0 Å². The smallest absolute Gasteiger partial charge is 0.0236 e. The molecule has 1 aliphatic carbocycles. The molecule has 98 valence electrons. The summed E-state index contributed by atoms with van der Waals surface area (Å²) in [6.07, 6.45) is 6.54. The second-order valence-corrected chi connectivity index (χ2v) is 6.12. The summed E-state index contributed by atoms with van der Waals surface area (Å²) in [7, 11) is 0. The van der Waals surface area contributed by atoms with Gasteiger partial charge < -0.3 is 5.73 Å². The summed E-state index contributed by atoms with van der Waals surface area (Å²) in [5, 5.41) is 0. The minimum absolute atomic E-state index is 0.577. The van der Waals surface area contributed by atoms with Gasteiger partial charge in [0.15, 0.2) is 0 Å². The first kappa shape index (κ1) is 12.2. The molecule has 18 heavy (non-hydrogen) atoms. The highest BCUT2D eigenvalue weighted by Gasteiger charge is 2.42. The van der Waals surface area contributed by atoms with Crippen molar-refractivity contribution in [1.82, 2.24) is 4.90 Å². The molecule has 1 aromatic carbocycles. The number of hydrogen-bond acceptors (Lipinski definition) is 2. The molecule has 2 nitrogen and oxygen atoms in total. The molecule has 0 aromatic heterocycles. The van der Waals surface area contributed by atoms with Crippen LogP contribution in [0.1, 0.15) is 36.8 Å². The van der Waals surface area contributed by atoms with Gasteiger partial charge in [-0.3, -0.25) is 4.90 Å². The molecule has 0 amide bonds. The van der Waals surface area contributed by atoms with Crippen LogP contribution in [0.15, 0.2) is 24.3 Å². The predicted octanol–water partition coefficient (Wildman–Crippen LogP) is 2.56. The summed E-state index contributed by atoms with van der Waals surface area (Å²) in [4.78, 5) is 2.66. The zero-order valence-corrected chi connectivity index (χ0v) is 11.2. The number of nitrogens with two attached hydrogens (primary N) is 1. The van der Waals surface area contributed by atoms with E-state index in [0.717, 1.165) is 13.1 Å². The monoisotopic (exact) mass is 244 g/mol. The zero-order valence-electron chi connectivity index (χ0n) is 11.2. The Morgan fingerprint density at radius 3 is 2.67 bits per heavy atom. The van der Waals surface area contributed by atoms with Gasteiger partial charge in [0.2, 0.25) is 0 Å². The van der Waals surface area contributed by atoms with Gasteiger partial charge in [0.1, 0.15) is 0 Å². The maximum atomic E-state index is 5.75. The van der Waals surface area contributed by atoms with Crippen LogP contribution in [0.4, 0.5) is 0 Å². The van der Waals surface area contributed by atoms with Gasteiger partial charge in [0.05, 0.1) is 0 Å². The third kappa shape index (κ3) is 2.60. The molecule has 1 aliphatic heterocycles. The largest absolute Gasteiger partial charge is 0.330 e. The van der Waals surface area contributed by atoms with Crippen LogP contribution in [-0.2, 0) is 13.0 Å². The second-order valence-electron chi connectivity index (χ2n) is 6.12. The van der Waals surface area contributed by atoms with Crippen LogP contribution in [0, 0.1) is 5.41 Å².